The Morgan fingerprint density at radius 2 is 1.86 bits per heavy atom. The predicted molar refractivity (Wildman–Crippen MR) is 142 cm³/mol. The topological polar surface area (TPSA) is 128 Å². The molecule has 9 heteroatoms. The number of primary amides is 1. The summed E-state index contributed by atoms with van der Waals surface area (Å²) in [5.41, 5.74) is 14.0. The van der Waals surface area contributed by atoms with Gasteiger partial charge in [0.15, 0.2) is 11.6 Å². The monoisotopic (exact) mass is 500 g/mol. The highest BCUT2D eigenvalue weighted by molar-refractivity contribution is 5.99. The molecule has 1 aliphatic carbocycles. The van der Waals surface area contributed by atoms with Gasteiger partial charge in [0.25, 0.3) is 5.91 Å². The first-order chi connectivity index (χ1) is 18.0. The fraction of sp³-hybridized carbons (Fsp3) is 0.250. The molecule has 1 fully saturated rings. The lowest BCUT2D eigenvalue weighted by Crippen LogP contribution is -2.43. The van der Waals surface area contributed by atoms with Crippen LogP contribution in [0.3, 0.4) is 0 Å². The summed E-state index contributed by atoms with van der Waals surface area (Å²) in [4.78, 5) is 21.0. The van der Waals surface area contributed by atoms with E-state index in [0.29, 0.717) is 23.6 Å². The molecule has 0 bridgehead atoms. The predicted octanol–water partition coefficient (Wildman–Crippen LogP) is 4.87. The van der Waals surface area contributed by atoms with Gasteiger partial charge in [0.2, 0.25) is 0 Å². The molecule has 0 saturated heterocycles. The Hall–Kier alpha value is -4.24. The number of carbonyl (C=O) groups is 1. The Balaban J connectivity index is 1.48. The normalized spacial score (nSPS) is 17.4. The fourth-order valence-electron chi connectivity index (χ4n) is 4.60. The Kier molecular flexibility index (Phi) is 7.14. The average Bonchev–Trinajstić information content (AvgIpc) is 2.90. The Labute approximate surface area is 214 Å². The van der Waals surface area contributed by atoms with Crippen molar-refractivity contribution in [2.75, 3.05) is 10.6 Å². The van der Waals surface area contributed by atoms with Gasteiger partial charge in [-0.1, -0.05) is 49.2 Å². The summed E-state index contributed by atoms with van der Waals surface area (Å²) in [7, 11) is 0. The maximum atomic E-state index is 14.9. The minimum atomic E-state index is -0.794. The molecule has 37 heavy (non-hydrogen) atoms. The first-order valence-corrected chi connectivity index (χ1v) is 12.3. The van der Waals surface area contributed by atoms with Gasteiger partial charge in [-0.15, -0.1) is 0 Å². The lowest BCUT2D eigenvalue weighted by atomic mass is 9.91. The standard InChI is InChI=1S/C28H29FN6O2/c29-21-15-20(26(31)36)27(35-28(21)34-23-11-5-4-10-22(23)30)33-19-13-18-9-6-12-32-25(18)24(14-19)37-16-17-7-2-1-3-8-17/h1-3,6-9,12-15,22-23H,4-5,10-11,16,30H2,(H2,31,36)(H2,33,34,35). The fourth-order valence-corrected chi connectivity index (χ4v) is 4.60. The molecule has 5 rings (SSSR count). The Morgan fingerprint density at radius 3 is 2.65 bits per heavy atom. The summed E-state index contributed by atoms with van der Waals surface area (Å²) in [6, 6.07) is 18.1. The molecule has 0 radical (unpaired) electrons. The number of nitrogens with zero attached hydrogens (tertiary/aromatic N) is 2. The summed E-state index contributed by atoms with van der Waals surface area (Å²) in [5.74, 6) is -0.737. The minimum absolute atomic E-state index is 0.0258. The van der Waals surface area contributed by atoms with E-state index in [1.54, 1.807) is 12.3 Å². The first-order valence-electron chi connectivity index (χ1n) is 12.3. The molecular formula is C28H29FN6O2. The second-order valence-electron chi connectivity index (χ2n) is 9.23. The number of carbonyl (C=O) groups excluding carboxylic acids is 1. The maximum Gasteiger partial charge on any atom is 0.252 e. The average molecular weight is 501 g/mol. The third kappa shape index (κ3) is 5.62. The third-order valence-corrected chi connectivity index (χ3v) is 6.55. The van der Waals surface area contributed by atoms with Crippen LogP contribution in [0.25, 0.3) is 10.9 Å². The number of anilines is 3. The van der Waals surface area contributed by atoms with Crippen LogP contribution in [-0.4, -0.2) is 28.0 Å². The van der Waals surface area contributed by atoms with Crippen molar-refractivity contribution < 1.29 is 13.9 Å². The van der Waals surface area contributed by atoms with E-state index >= 15 is 0 Å². The van der Waals surface area contributed by atoms with Crippen LogP contribution in [0.4, 0.5) is 21.7 Å². The summed E-state index contributed by atoms with van der Waals surface area (Å²) in [6.07, 6.45) is 5.44. The van der Waals surface area contributed by atoms with Crippen LogP contribution in [-0.2, 0) is 6.61 Å². The molecule has 1 aliphatic rings. The highest BCUT2D eigenvalue weighted by atomic mass is 19.1. The zero-order valence-corrected chi connectivity index (χ0v) is 20.3. The number of amides is 1. The number of rotatable bonds is 8. The number of halogens is 1. The van der Waals surface area contributed by atoms with Crippen LogP contribution < -0.4 is 26.8 Å². The number of pyridine rings is 2. The van der Waals surface area contributed by atoms with Gasteiger partial charge in [-0.05, 0) is 36.6 Å². The highest BCUT2D eigenvalue weighted by Gasteiger charge is 2.24. The van der Waals surface area contributed by atoms with Gasteiger partial charge in [0, 0.05) is 35.4 Å². The van der Waals surface area contributed by atoms with Gasteiger partial charge < -0.3 is 26.8 Å². The van der Waals surface area contributed by atoms with Crippen molar-refractivity contribution in [2.24, 2.45) is 11.5 Å². The molecule has 2 heterocycles. The van der Waals surface area contributed by atoms with Crippen LogP contribution in [0.5, 0.6) is 5.75 Å². The summed E-state index contributed by atoms with van der Waals surface area (Å²) < 4.78 is 21.0. The second-order valence-corrected chi connectivity index (χ2v) is 9.23. The van der Waals surface area contributed by atoms with Crippen LogP contribution in [0.1, 0.15) is 41.6 Å². The number of nitrogens with one attached hydrogen (secondary N) is 2. The lowest BCUT2D eigenvalue weighted by molar-refractivity contribution is 0.100. The number of aromatic nitrogens is 2. The second kappa shape index (κ2) is 10.8. The van der Waals surface area contributed by atoms with Crippen molar-refractivity contribution >= 4 is 34.1 Å². The molecule has 6 N–H and O–H groups in total. The number of nitrogens with two attached hydrogens (primary N) is 2. The highest BCUT2D eigenvalue weighted by Crippen LogP contribution is 2.32. The van der Waals surface area contributed by atoms with Crippen molar-refractivity contribution in [2.45, 2.75) is 44.4 Å². The summed E-state index contributed by atoms with van der Waals surface area (Å²) in [5, 5.41) is 7.10. The molecule has 1 amide bonds. The maximum absolute atomic E-state index is 14.9. The zero-order valence-electron chi connectivity index (χ0n) is 20.3. The van der Waals surface area contributed by atoms with Crippen molar-refractivity contribution in [3.63, 3.8) is 0 Å². The van der Waals surface area contributed by atoms with Crippen LogP contribution >= 0.6 is 0 Å². The zero-order chi connectivity index (χ0) is 25.8. The van der Waals surface area contributed by atoms with Crippen LogP contribution in [0.15, 0.2) is 66.9 Å². The molecule has 8 nitrogen and oxygen atoms in total. The van der Waals surface area contributed by atoms with Gasteiger partial charge >= 0.3 is 0 Å². The van der Waals surface area contributed by atoms with E-state index in [9.17, 15) is 9.18 Å². The number of hydrogen-bond acceptors (Lipinski definition) is 7. The van der Waals surface area contributed by atoms with E-state index in [2.05, 4.69) is 20.6 Å². The Bertz CT molecular complexity index is 1410. The van der Waals surface area contributed by atoms with Gasteiger partial charge in [-0.3, -0.25) is 9.78 Å². The smallest absolute Gasteiger partial charge is 0.252 e. The number of fused-ring (bicyclic) bond motifs is 1. The van der Waals surface area contributed by atoms with E-state index in [-0.39, 0.29) is 29.3 Å². The molecule has 2 unspecified atom stereocenters. The minimum Gasteiger partial charge on any atom is -0.487 e. The lowest BCUT2D eigenvalue weighted by Gasteiger charge is -2.30. The summed E-state index contributed by atoms with van der Waals surface area (Å²) >= 11 is 0. The largest absolute Gasteiger partial charge is 0.487 e. The number of benzene rings is 2. The van der Waals surface area contributed by atoms with E-state index in [4.69, 9.17) is 16.2 Å². The van der Waals surface area contributed by atoms with Gasteiger partial charge in [0.1, 0.15) is 23.7 Å². The van der Waals surface area contributed by atoms with Crippen molar-refractivity contribution in [1.82, 2.24) is 9.97 Å². The van der Waals surface area contributed by atoms with Gasteiger partial charge in [-0.25, -0.2) is 9.37 Å². The molecule has 2 aromatic carbocycles. The van der Waals surface area contributed by atoms with Crippen molar-refractivity contribution in [1.29, 1.82) is 0 Å². The van der Waals surface area contributed by atoms with Gasteiger partial charge in [-0.2, -0.15) is 0 Å². The Morgan fingerprint density at radius 1 is 1.05 bits per heavy atom. The molecule has 2 atom stereocenters. The van der Waals surface area contributed by atoms with E-state index in [0.717, 1.165) is 42.7 Å². The molecule has 190 valence electrons. The molecule has 4 aromatic rings. The van der Waals surface area contributed by atoms with E-state index < -0.39 is 11.7 Å². The summed E-state index contributed by atoms with van der Waals surface area (Å²) in [6.45, 7) is 0.354. The quantitative estimate of drug-likeness (QED) is 0.272. The van der Waals surface area contributed by atoms with Crippen LogP contribution in [0.2, 0.25) is 0 Å². The molecule has 0 spiro atoms. The molecule has 2 aromatic heterocycles. The van der Waals surface area contributed by atoms with Crippen LogP contribution in [0, 0.1) is 5.82 Å². The molecule has 1 saturated carbocycles. The number of hydrogen-bond donors (Lipinski definition) is 4. The molecule has 0 aliphatic heterocycles. The van der Waals surface area contributed by atoms with E-state index in [1.165, 1.54) is 0 Å². The third-order valence-electron chi connectivity index (χ3n) is 6.55. The van der Waals surface area contributed by atoms with E-state index in [1.807, 2.05) is 48.5 Å². The number of ether oxygens (including phenoxy) is 1. The van der Waals surface area contributed by atoms with Crippen molar-refractivity contribution in [3.05, 3.63) is 83.8 Å². The van der Waals surface area contributed by atoms with Gasteiger partial charge in [0.05, 0.1) is 5.56 Å². The van der Waals surface area contributed by atoms with Crippen molar-refractivity contribution in [3.8, 4) is 5.75 Å². The SMILES string of the molecule is NC(=O)c1cc(F)c(NC2CCCCC2N)nc1Nc1cc(OCc2ccccc2)c2ncccc2c1. The molecular weight excluding hydrogens is 471 g/mol. The first kappa shape index (κ1) is 24.5.